The molecular weight excluding hydrogens is 287 g/mol. The molecule has 0 aliphatic heterocycles. The van der Waals surface area contributed by atoms with Crippen molar-refractivity contribution in [1.29, 1.82) is 0 Å². The Morgan fingerprint density at radius 3 is 2.62 bits per heavy atom. The second-order valence-electron chi connectivity index (χ2n) is 4.43. The lowest BCUT2D eigenvalue weighted by molar-refractivity contribution is 0.333. The fourth-order valence-electron chi connectivity index (χ4n) is 2.02. The Bertz CT molecular complexity index is 580. The molecule has 2 aromatic rings. The SMILES string of the molecule is CCOc1ccccc1C(CSc1ccccc1F)NN. The molecule has 3 N–H and O–H groups in total. The molecule has 1 atom stereocenters. The van der Waals surface area contributed by atoms with Gasteiger partial charge in [-0.2, -0.15) is 0 Å². The van der Waals surface area contributed by atoms with Crippen LogP contribution in [-0.4, -0.2) is 12.4 Å². The molecule has 2 aromatic carbocycles. The normalized spacial score (nSPS) is 12.1. The molecule has 0 aromatic heterocycles. The summed E-state index contributed by atoms with van der Waals surface area (Å²) in [6.45, 7) is 2.53. The van der Waals surface area contributed by atoms with Crippen LogP contribution in [0.4, 0.5) is 4.39 Å². The molecule has 1 unspecified atom stereocenters. The highest BCUT2D eigenvalue weighted by Crippen LogP contribution is 2.30. The molecule has 0 saturated carbocycles. The first-order valence-electron chi connectivity index (χ1n) is 6.81. The van der Waals surface area contributed by atoms with Gasteiger partial charge < -0.3 is 4.74 Å². The van der Waals surface area contributed by atoms with Crippen molar-refractivity contribution in [3.8, 4) is 5.75 Å². The third kappa shape index (κ3) is 4.20. The zero-order valence-electron chi connectivity index (χ0n) is 11.9. The van der Waals surface area contributed by atoms with E-state index in [4.69, 9.17) is 10.6 Å². The van der Waals surface area contributed by atoms with Crippen molar-refractivity contribution in [1.82, 2.24) is 5.43 Å². The van der Waals surface area contributed by atoms with E-state index in [0.717, 1.165) is 11.3 Å². The van der Waals surface area contributed by atoms with Crippen molar-refractivity contribution < 1.29 is 9.13 Å². The molecule has 0 amide bonds. The molecule has 0 bridgehead atoms. The van der Waals surface area contributed by atoms with Gasteiger partial charge in [-0.1, -0.05) is 30.3 Å². The van der Waals surface area contributed by atoms with Gasteiger partial charge in [-0.25, -0.2) is 4.39 Å². The maximum absolute atomic E-state index is 13.6. The number of rotatable bonds is 7. The molecule has 2 rings (SSSR count). The number of para-hydroxylation sites is 1. The summed E-state index contributed by atoms with van der Waals surface area (Å²) < 4.78 is 19.3. The van der Waals surface area contributed by atoms with E-state index in [1.165, 1.54) is 17.8 Å². The summed E-state index contributed by atoms with van der Waals surface area (Å²) in [5.74, 6) is 6.86. The summed E-state index contributed by atoms with van der Waals surface area (Å²) in [7, 11) is 0. The Kier molecular flexibility index (Phi) is 6.04. The lowest BCUT2D eigenvalue weighted by Crippen LogP contribution is -2.30. The van der Waals surface area contributed by atoms with E-state index in [1.807, 2.05) is 37.3 Å². The molecule has 3 nitrogen and oxygen atoms in total. The molecule has 0 aliphatic rings. The van der Waals surface area contributed by atoms with Gasteiger partial charge in [0.05, 0.1) is 12.6 Å². The highest BCUT2D eigenvalue weighted by atomic mass is 32.2. The highest BCUT2D eigenvalue weighted by molar-refractivity contribution is 7.99. The van der Waals surface area contributed by atoms with Gasteiger partial charge >= 0.3 is 0 Å². The van der Waals surface area contributed by atoms with Gasteiger partial charge in [-0.15, -0.1) is 11.8 Å². The number of hydrogen-bond acceptors (Lipinski definition) is 4. The Morgan fingerprint density at radius 1 is 1.19 bits per heavy atom. The van der Waals surface area contributed by atoms with Crippen LogP contribution in [0.25, 0.3) is 0 Å². The van der Waals surface area contributed by atoms with Crippen LogP contribution in [0.2, 0.25) is 0 Å². The zero-order chi connectivity index (χ0) is 15.1. The van der Waals surface area contributed by atoms with Crippen LogP contribution >= 0.6 is 11.8 Å². The topological polar surface area (TPSA) is 47.3 Å². The number of benzene rings is 2. The van der Waals surface area contributed by atoms with Gasteiger partial charge in [0.15, 0.2) is 0 Å². The summed E-state index contributed by atoms with van der Waals surface area (Å²) in [4.78, 5) is 0.617. The second kappa shape index (κ2) is 8.02. The van der Waals surface area contributed by atoms with E-state index in [2.05, 4.69) is 5.43 Å². The highest BCUT2D eigenvalue weighted by Gasteiger charge is 2.15. The van der Waals surface area contributed by atoms with E-state index < -0.39 is 0 Å². The van der Waals surface area contributed by atoms with Crippen molar-refractivity contribution in [3.63, 3.8) is 0 Å². The fraction of sp³-hybridized carbons (Fsp3) is 0.250. The number of nitrogens with one attached hydrogen (secondary N) is 1. The van der Waals surface area contributed by atoms with Crippen LogP contribution in [0.3, 0.4) is 0 Å². The predicted octanol–water partition coefficient (Wildman–Crippen LogP) is 3.52. The Labute approximate surface area is 128 Å². The van der Waals surface area contributed by atoms with E-state index in [-0.39, 0.29) is 11.9 Å². The quantitative estimate of drug-likeness (QED) is 0.467. The Balaban J connectivity index is 2.12. The molecule has 0 fully saturated rings. The number of nitrogens with two attached hydrogens (primary N) is 1. The molecule has 112 valence electrons. The van der Waals surface area contributed by atoms with Crippen LogP contribution in [-0.2, 0) is 0 Å². The Morgan fingerprint density at radius 2 is 1.90 bits per heavy atom. The molecule has 0 aliphatic carbocycles. The number of thioether (sulfide) groups is 1. The van der Waals surface area contributed by atoms with Crippen molar-refractivity contribution in [2.75, 3.05) is 12.4 Å². The van der Waals surface area contributed by atoms with E-state index in [0.29, 0.717) is 17.3 Å². The smallest absolute Gasteiger partial charge is 0.136 e. The first-order valence-corrected chi connectivity index (χ1v) is 7.80. The molecule has 0 heterocycles. The lowest BCUT2D eigenvalue weighted by Gasteiger charge is -2.19. The van der Waals surface area contributed by atoms with Gasteiger partial charge in [0.1, 0.15) is 11.6 Å². The lowest BCUT2D eigenvalue weighted by atomic mass is 10.1. The largest absolute Gasteiger partial charge is 0.494 e. The van der Waals surface area contributed by atoms with Crippen molar-refractivity contribution in [2.24, 2.45) is 5.84 Å². The second-order valence-corrected chi connectivity index (χ2v) is 5.49. The van der Waals surface area contributed by atoms with E-state index >= 15 is 0 Å². The molecule has 0 spiro atoms. The average Bonchev–Trinajstić information content (AvgIpc) is 2.51. The molecule has 5 heteroatoms. The van der Waals surface area contributed by atoms with Crippen molar-refractivity contribution in [2.45, 2.75) is 17.9 Å². The number of ether oxygens (including phenoxy) is 1. The van der Waals surface area contributed by atoms with Gasteiger partial charge in [0.25, 0.3) is 0 Å². The fourth-order valence-corrected chi connectivity index (χ4v) is 3.02. The first-order chi connectivity index (χ1) is 10.3. The maximum atomic E-state index is 13.6. The predicted molar refractivity (Wildman–Crippen MR) is 84.8 cm³/mol. The monoisotopic (exact) mass is 306 g/mol. The van der Waals surface area contributed by atoms with Crippen molar-refractivity contribution in [3.05, 3.63) is 59.9 Å². The van der Waals surface area contributed by atoms with E-state index in [1.54, 1.807) is 12.1 Å². The van der Waals surface area contributed by atoms with Crippen LogP contribution in [0.1, 0.15) is 18.5 Å². The van der Waals surface area contributed by atoms with Gasteiger partial charge in [0.2, 0.25) is 0 Å². The van der Waals surface area contributed by atoms with Gasteiger partial charge in [0, 0.05) is 16.2 Å². The van der Waals surface area contributed by atoms with Crippen LogP contribution in [0, 0.1) is 5.82 Å². The molecule has 0 saturated heterocycles. The summed E-state index contributed by atoms with van der Waals surface area (Å²) in [6, 6.07) is 14.4. The van der Waals surface area contributed by atoms with Crippen molar-refractivity contribution >= 4 is 11.8 Å². The standard InChI is InChI=1S/C16H19FN2OS/c1-2-20-15-9-5-3-7-12(15)14(19-18)11-21-16-10-6-4-8-13(16)17/h3-10,14,19H,2,11,18H2,1H3. The minimum Gasteiger partial charge on any atom is -0.494 e. The summed E-state index contributed by atoms with van der Waals surface area (Å²) in [5, 5.41) is 0. The molecule has 21 heavy (non-hydrogen) atoms. The van der Waals surface area contributed by atoms with Crippen LogP contribution in [0.15, 0.2) is 53.4 Å². The minimum absolute atomic E-state index is 0.114. The summed E-state index contributed by atoms with van der Waals surface area (Å²) >= 11 is 1.43. The average molecular weight is 306 g/mol. The Hall–Kier alpha value is -1.56. The number of hydrogen-bond donors (Lipinski definition) is 2. The van der Waals surface area contributed by atoms with E-state index in [9.17, 15) is 4.39 Å². The first kappa shape index (κ1) is 15.8. The van der Waals surface area contributed by atoms with Gasteiger partial charge in [-0.05, 0) is 25.1 Å². The van der Waals surface area contributed by atoms with Gasteiger partial charge in [-0.3, -0.25) is 11.3 Å². The summed E-state index contributed by atoms with van der Waals surface area (Å²) in [5.41, 5.74) is 3.76. The number of halogens is 1. The third-order valence-electron chi connectivity index (χ3n) is 3.04. The molecular formula is C16H19FN2OS. The van der Waals surface area contributed by atoms with Crippen LogP contribution in [0.5, 0.6) is 5.75 Å². The van der Waals surface area contributed by atoms with Crippen LogP contribution < -0.4 is 16.0 Å². The number of hydrazine groups is 1. The maximum Gasteiger partial charge on any atom is 0.136 e. The zero-order valence-corrected chi connectivity index (χ0v) is 12.7. The third-order valence-corrected chi connectivity index (χ3v) is 4.18. The summed E-state index contributed by atoms with van der Waals surface area (Å²) in [6.07, 6.45) is 0. The molecule has 0 radical (unpaired) electrons. The minimum atomic E-state index is -0.212.